The van der Waals surface area contributed by atoms with Crippen LogP contribution in [0.25, 0.3) is 0 Å². The zero-order valence-electron chi connectivity index (χ0n) is 10.1. The molecule has 0 saturated carbocycles. The lowest BCUT2D eigenvalue weighted by atomic mass is 9.96. The second kappa shape index (κ2) is 4.34. The highest BCUT2D eigenvalue weighted by atomic mass is 16.5. The van der Waals surface area contributed by atoms with Gasteiger partial charge in [0.05, 0.1) is 18.1 Å². The number of ether oxygens (including phenoxy) is 1. The van der Waals surface area contributed by atoms with Crippen molar-refractivity contribution in [3.8, 4) is 0 Å². The summed E-state index contributed by atoms with van der Waals surface area (Å²) in [4.78, 5) is 12.8. The Morgan fingerprint density at radius 3 is 2.69 bits per heavy atom. The first-order valence-corrected chi connectivity index (χ1v) is 6.06. The summed E-state index contributed by atoms with van der Waals surface area (Å²) in [6, 6.07) is 0. The van der Waals surface area contributed by atoms with Crippen molar-refractivity contribution in [2.24, 2.45) is 5.92 Å². The van der Waals surface area contributed by atoms with Gasteiger partial charge in [0.25, 0.3) is 0 Å². The number of likely N-dealkylation sites (tertiary alicyclic amines) is 1. The average molecular weight is 227 g/mol. The van der Waals surface area contributed by atoms with Crippen molar-refractivity contribution in [3.63, 3.8) is 0 Å². The van der Waals surface area contributed by atoms with Crippen LogP contribution in [0.5, 0.6) is 0 Å². The molecule has 0 aromatic rings. The Morgan fingerprint density at radius 1 is 1.50 bits per heavy atom. The van der Waals surface area contributed by atoms with Crippen molar-refractivity contribution >= 4 is 5.97 Å². The Kier molecular flexibility index (Phi) is 3.22. The van der Waals surface area contributed by atoms with Crippen LogP contribution in [0.1, 0.15) is 33.1 Å². The van der Waals surface area contributed by atoms with E-state index in [2.05, 4.69) is 18.7 Å². The van der Waals surface area contributed by atoms with E-state index in [0.29, 0.717) is 18.4 Å². The first-order chi connectivity index (χ1) is 7.44. The summed E-state index contributed by atoms with van der Waals surface area (Å²) in [5.41, 5.74) is 0.0377. The van der Waals surface area contributed by atoms with Crippen molar-refractivity contribution in [1.29, 1.82) is 0 Å². The van der Waals surface area contributed by atoms with Gasteiger partial charge in [0, 0.05) is 19.6 Å². The maximum atomic E-state index is 10.5. The van der Waals surface area contributed by atoms with Crippen LogP contribution in [0.4, 0.5) is 0 Å². The number of carboxylic acid groups (broad SMARTS) is 1. The van der Waals surface area contributed by atoms with Gasteiger partial charge in [-0.3, -0.25) is 4.79 Å². The molecule has 2 fully saturated rings. The molecule has 2 saturated heterocycles. The number of nitrogens with zero attached hydrogens (tertiary/aromatic N) is 1. The van der Waals surface area contributed by atoms with Crippen LogP contribution in [0.3, 0.4) is 0 Å². The predicted octanol–water partition coefficient (Wildman–Crippen LogP) is 1.35. The largest absolute Gasteiger partial charge is 0.481 e. The average Bonchev–Trinajstić information content (AvgIpc) is 2.41. The fourth-order valence-electron chi connectivity index (χ4n) is 2.70. The lowest BCUT2D eigenvalue weighted by molar-refractivity contribution is -0.139. The Bertz CT molecular complexity index is 271. The van der Waals surface area contributed by atoms with Crippen molar-refractivity contribution in [2.45, 2.75) is 44.8 Å². The SMILES string of the molecule is CC1(C)CCC(CN2CC(CC(=O)O)C2)O1. The van der Waals surface area contributed by atoms with Crippen molar-refractivity contribution < 1.29 is 14.6 Å². The van der Waals surface area contributed by atoms with Crippen molar-refractivity contribution in [3.05, 3.63) is 0 Å². The highest BCUT2D eigenvalue weighted by Crippen LogP contribution is 2.31. The summed E-state index contributed by atoms with van der Waals surface area (Å²) < 4.78 is 5.91. The molecule has 2 heterocycles. The third kappa shape index (κ3) is 2.95. The molecule has 92 valence electrons. The van der Waals surface area contributed by atoms with Gasteiger partial charge in [-0.15, -0.1) is 0 Å². The lowest BCUT2D eigenvalue weighted by Crippen LogP contribution is -2.50. The van der Waals surface area contributed by atoms with Gasteiger partial charge in [0.2, 0.25) is 0 Å². The molecule has 2 aliphatic rings. The van der Waals surface area contributed by atoms with Gasteiger partial charge in [-0.25, -0.2) is 0 Å². The van der Waals surface area contributed by atoms with Crippen LogP contribution in [0.15, 0.2) is 0 Å². The second-order valence-corrected chi connectivity index (χ2v) is 5.72. The molecule has 1 N–H and O–H groups in total. The first kappa shape index (κ1) is 11.9. The molecule has 2 aliphatic heterocycles. The van der Waals surface area contributed by atoms with E-state index >= 15 is 0 Å². The molecule has 4 nitrogen and oxygen atoms in total. The number of aliphatic carboxylic acids is 1. The summed E-state index contributed by atoms with van der Waals surface area (Å²) in [7, 11) is 0. The minimum atomic E-state index is -0.678. The summed E-state index contributed by atoms with van der Waals surface area (Å²) in [6.45, 7) is 7.09. The topological polar surface area (TPSA) is 49.8 Å². The molecule has 1 atom stereocenters. The van der Waals surface area contributed by atoms with E-state index in [1.165, 1.54) is 0 Å². The minimum Gasteiger partial charge on any atom is -0.481 e. The van der Waals surface area contributed by atoms with Gasteiger partial charge >= 0.3 is 5.97 Å². The first-order valence-electron chi connectivity index (χ1n) is 6.06. The van der Waals surface area contributed by atoms with Crippen molar-refractivity contribution in [1.82, 2.24) is 4.90 Å². The van der Waals surface area contributed by atoms with E-state index < -0.39 is 5.97 Å². The molecular formula is C12H21NO3. The highest BCUT2D eigenvalue weighted by molar-refractivity contribution is 5.67. The van der Waals surface area contributed by atoms with Gasteiger partial charge in [-0.2, -0.15) is 0 Å². The number of hydrogen-bond acceptors (Lipinski definition) is 3. The summed E-state index contributed by atoms with van der Waals surface area (Å²) >= 11 is 0. The van der Waals surface area contributed by atoms with E-state index in [4.69, 9.17) is 9.84 Å². The van der Waals surface area contributed by atoms with E-state index in [1.54, 1.807) is 0 Å². The van der Waals surface area contributed by atoms with Gasteiger partial charge in [0.1, 0.15) is 0 Å². The molecule has 0 amide bonds. The molecule has 2 rings (SSSR count). The molecule has 0 aromatic heterocycles. The zero-order chi connectivity index (χ0) is 11.8. The van der Waals surface area contributed by atoms with E-state index in [9.17, 15) is 4.79 Å². The molecule has 0 radical (unpaired) electrons. The van der Waals surface area contributed by atoms with Gasteiger partial charge < -0.3 is 14.7 Å². The van der Waals surface area contributed by atoms with Crippen LogP contribution in [-0.4, -0.2) is 47.3 Å². The van der Waals surface area contributed by atoms with Crippen LogP contribution < -0.4 is 0 Å². The molecule has 0 aromatic carbocycles. The third-order valence-corrected chi connectivity index (χ3v) is 3.51. The van der Waals surface area contributed by atoms with E-state index in [1.807, 2.05) is 0 Å². The Morgan fingerprint density at radius 2 is 2.19 bits per heavy atom. The number of carboxylic acids is 1. The number of carbonyl (C=O) groups is 1. The fourth-order valence-corrected chi connectivity index (χ4v) is 2.70. The number of rotatable bonds is 4. The second-order valence-electron chi connectivity index (χ2n) is 5.72. The standard InChI is InChI=1S/C12H21NO3/c1-12(2)4-3-10(16-12)8-13-6-9(7-13)5-11(14)15/h9-10H,3-8H2,1-2H3,(H,14,15). The molecule has 0 aliphatic carbocycles. The molecule has 0 bridgehead atoms. The monoisotopic (exact) mass is 227 g/mol. The Labute approximate surface area is 96.6 Å². The van der Waals surface area contributed by atoms with Crippen molar-refractivity contribution in [2.75, 3.05) is 19.6 Å². The van der Waals surface area contributed by atoms with Crippen LogP contribution in [0, 0.1) is 5.92 Å². The van der Waals surface area contributed by atoms with Crippen LogP contribution in [0.2, 0.25) is 0 Å². The normalized spacial score (nSPS) is 30.2. The lowest BCUT2D eigenvalue weighted by Gasteiger charge is -2.40. The predicted molar refractivity (Wildman–Crippen MR) is 60.4 cm³/mol. The maximum absolute atomic E-state index is 10.5. The zero-order valence-corrected chi connectivity index (χ0v) is 10.1. The van der Waals surface area contributed by atoms with E-state index in [-0.39, 0.29) is 5.60 Å². The summed E-state index contributed by atoms with van der Waals surface area (Å²) in [6.07, 6.45) is 2.92. The van der Waals surface area contributed by atoms with E-state index in [0.717, 1.165) is 32.5 Å². The molecular weight excluding hydrogens is 206 g/mol. The molecule has 16 heavy (non-hydrogen) atoms. The molecule has 4 heteroatoms. The number of hydrogen-bond donors (Lipinski definition) is 1. The minimum absolute atomic E-state index is 0.0377. The maximum Gasteiger partial charge on any atom is 0.303 e. The Balaban J connectivity index is 1.65. The summed E-state index contributed by atoms with van der Waals surface area (Å²) in [5, 5.41) is 8.64. The smallest absolute Gasteiger partial charge is 0.303 e. The van der Waals surface area contributed by atoms with Crippen LogP contribution in [-0.2, 0) is 9.53 Å². The third-order valence-electron chi connectivity index (χ3n) is 3.51. The van der Waals surface area contributed by atoms with Gasteiger partial charge in [-0.1, -0.05) is 0 Å². The highest BCUT2D eigenvalue weighted by Gasteiger charge is 2.36. The van der Waals surface area contributed by atoms with Gasteiger partial charge in [0.15, 0.2) is 0 Å². The van der Waals surface area contributed by atoms with Crippen LogP contribution >= 0.6 is 0 Å². The molecule has 0 spiro atoms. The summed E-state index contributed by atoms with van der Waals surface area (Å²) in [5.74, 6) is -0.324. The Hall–Kier alpha value is -0.610. The fraction of sp³-hybridized carbons (Fsp3) is 0.917. The van der Waals surface area contributed by atoms with Gasteiger partial charge in [-0.05, 0) is 32.6 Å². The quantitative estimate of drug-likeness (QED) is 0.787. The molecule has 1 unspecified atom stereocenters.